The summed E-state index contributed by atoms with van der Waals surface area (Å²) in [6.45, 7) is 3.83. The monoisotopic (exact) mass is 402 g/mol. The number of carbonyl (C=O) groups is 1. The molecule has 0 unspecified atom stereocenters. The quantitative estimate of drug-likeness (QED) is 0.393. The average Bonchev–Trinajstić information content (AvgIpc) is 3.35. The number of halogens is 1. The van der Waals surface area contributed by atoms with Crippen molar-refractivity contribution in [3.63, 3.8) is 0 Å². The van der Waals surface area contributed by atoms with Gasteiger partial charge in [-0.2, -0.15) is 15.3 Å². The van der Waals surface area contributed by atoms with Crippen molar-refractivity contribution in [2.24, 2.45) is 5.10 Å². The van der Waals surface area contributed by atoms with Gasteiger partial charge in [0.25, 0.3) is 5.91 Å². The number of hydrogen-bond donors (Lipinski definition) is 2. The second-order valence-corrected chi connectivity index (χ2v) is 6.70. The molecule has 0 fully saturated rings. The molecule has 0 spiro atoms. The SMILES string of the molecule is Cc1nn(-c2ccccc2)c(C)c1C=NNC(=O)c1cc(-c2ccc(F)cc2)n[nH]1. The van der Waals surface area contributed by atoms with Crippen LogP contribution in [0.4, 0.5) is 4.39 Å². The van der Waals surface area contributed by atoms with Gasteiger partial charge in [-0.15, -0.1) is 0 Å². The Morgan fingerprint density at radius 2 is 1.87 bits per heavy atom. The summed E-state index contributed by atoms with van der Waals surface area (Å²) in [5, 5.41) is 15.4. The van der Waals surface area contributed by atoms with Crippen LogP contribution in [-0.2, 0) is 0 Å². The number of amides is 1. The van der Waals surface area contributed by atoms with Crippen LogP contribution in [0.3, 0.4) is 0 Å². The molecule has 150 valence electrons. The zero-order valence-corrected chi connectivity index (χ0v) is 16.4. The van der Waals surface area contributed by atoms with E-state index in [1.54, 1.807) is 24.4 Å². The van der Waals surface area contributed by atoms with Gasteiger partial charge in [-0.1, -0.05) is 18.2 Å². The van der Waals surface area contributed by atoms with Gasteiger partial charge in [-0.3, -0.25) is 9.89 Å². The van der Waals surface area contributed by atoms with E-state index in [2.05, 4.69) is 25.8 Å². The molecule has 2 N–H and O–H groups in total. The van der Waals surface area contributed by atoms with Crippen LogP contribution < -0.4 is 5.43 Å². The average molecular weight is 402 g/mol. The minimum Gasteiger partial charge on any atom is -0.272 e. The van der Waals surface area contributed by atoms with Crippen molar-refractivity contribution in [3.05, 3.63) is 89.1 Å². The normalized spacial score (nSPS) is 11.2. The van der Waals surface area contributed by atoms with Gasteiger partial charge in [0.15, 0.2) is 0 Å². The topological polar surface area (TPSA) is 88.0 Å². The molecule has 0 aliphatic rings. The second-order valence-electron chi connectivity index (χ2n) is 6.70. The molecule has 1 amide bonds. The fourth-order valence-electron chi connectivity index (χ4n) is 3.08. The van der Waals surface area contributed by atoms with Gasteiger partial charge in [-0.25, -0.2) is 14.5 Å². The minimum atomic E-state index is -0.433. The molecule has 4 rings (SSSR count). The largest absolute Gasteiger partial charge is 0.289 e. The lowest BCUT2D eigenvalue weighted by molar-refractivity contribution is 0.0950. The Labute approximate surface area is 172 Å². The van der Waals surface area contributed by atoms with Crippen molar-refractivity contribution >= 4 is 12.1 Å². The van der Waals surface area contributed by atoms with Crippen LogP contribution in [0.1, 0.15) is 27.4 Å². The standard InChI is InChI=1S/C22H19FN6O/c1-14-19(15(2)29(28-14)18-6-4-3-5-7-18)13-24-27-22(30)21-12-20(25-26-21)16-8-10-17(23)11-9-16/h3-13H,1-2H3,(H,25,26)(H,27,30). The Balaban J connectivity index is 1.47. The molecule has 2 aromatic carbocycles. The Bertz CT molecular complexity index is 1210. The molecule has 7 nitrogen and oxygen atoms in total. The van der Waals surface area contributed by atoms with Gasteiger partial charge in [0, 0.05) is 11.1 Å². The van der Waals surface area contributed by atoms with Crippen molar-refractivity contribution in [2.45, 2.75) is 13.8 Å². The first-order valence-corrected chi connectivity index (χ1v) is 9.29. The first-order chi connectivity index (χ1) is 14.5. The van der Waals surface area contributed by atoms with Crippen LogP contribution in [0.2, 0.25) is 0 Å². The zero-order chi connectivity index (χ0) is 21.1. The van der Waals surface area contributed by atoms with E-state index in [9.17, 15) is 9.18 Å². The predicted octanol–water partition coefficient (Wildman–Crippen LogP) is 3.78. The van der Waals surface area contributed by atoms with Crippen molar-refractivity contribution in [1.82, 2.24) is 25.4 Å². The van der Waals surface area contributed by atoms with E-state index >= 15 is 0 Å². The maximum atomic E-state index is 13.1. The van der Waals surface area contributed by atoms with E-state index in [4.69, 9.17) is 0 Å². The van der Waals surface area contributed by atoms with Gasteiger partial charge in [0.1, 0.15) is 11.5 Å². The smallest absolute Gasteiger partial charge is 0.272 e. The highest BCUT2D eigenvalue weighted by molar-refractivity contribution is 5.94. The number of hydrazone groups is 1. The third kappa shape index (κ3) is 3.88. The summed E-state index contributed by atoms with van der Waals surface area (Å²) >= 11 is 0. The fraction of sp³-hybridized carbons (Fsp3) is 0.0909. The van der Waals surface area contributed by atoms with E-state index < -0.39 is 5.91 Å². The van der Waals surface area contributed by atoms with Crippen LogP contribution in [0.25, 0.3) is 16.9 Å². The van der Waals surface area contributed by atoms with Gasteiger partial charge >= 0.3 is 0 Å². The molecule has 4 aromatic rings. The van der Waals surface area contributed by atoms with E-state index in [1.165, 1.54) is 12.1 Å². The third-order valence-electron chi connectivity index (χ3n) is 4.67. The highest BCUT2D eigenvalue weighted by Gasteiger charge is 2.13. The van der Waals surface area contributed by atoms with Crippen LogP contribution >= 0.6 is 0 Å². The summed E-state index contributed by atoms with van der Waals surface area (Å²) in [6, 6.07) is 17.3. The highest BCUT2D eigenvalue weighted by atomic mass is 19.1. The van der Waals surface area contributed by atoms with Crippen LogP contribution in [0.15, 0.2) is 65.8 Å². The first kappa shape index (κ1) is 19.3. The molecule has 0 saturated heterocycles. The first-order valence-electron chi connectivity index (χ1n) is 9.29. The number of nitrogens with zero attached hydrogens (tertiary/aromatic N) is 4. The molecular formula is C22H19FN6O. The van der Waals surface area contributed by atoms with E-state index in [0.717, 1.165) is 22.6 Å². The number of hydrogen-bond acceptors (Lipinski definition) is 4. The Kier molecular flexibility index (Phi) is 5.21. The Morgan fingerprint density at radius 3 is 2.60 bits per heavy atom. The van der Waals surface area contributed by atoms with Crippen LogP contribution in [0, 0.1) is 19.7 Å². The number of benzene rings is 2. The molecule has 0 bridgehead atoms. The number of aromatic amines is 1. The molecule has 0 radical (unpaired) electrons. The summed E-state index contributed by atoms with van der Waals surface area (Å²) in [6.07, 6.45) is 1.58. The van der Waals surface area contributed by atoms with Gasteiger partial charge < -0.3 is 0 Å². The van der Waals surface area contributed by atoms with E-state index in [-0.39, 0.29) is 11.5 Å². The summed E-state index contributed by atoms with van der Waals surface area (Å²) in [4.78, 5) is 12.4. The lowest BCUT2D eigenvalue weighted by Crippen LogP contribution is -2.18. The molecule has 0 aliphatic heterocycles. The molecule has 0 aliphatic carbocycles. The van der Waals surface area contributed by atoms with Crippen LogP contribution in [0.5, 0.6) is 0 Å². The third-order valence-corrected chi connectivity index (χ3v) is 4.67. The maximum absolute atomic E-state index is 13.1. The number of H-pyrrole nitrogens is 1. The van der Waals surface area contributed by atoms with Crippen molar-refractivity contribution in [2.75, 3.05) is 0 Å². The lowest BCUT2D eigenvalue weighted by Gasteiger charge is -2.03. The minimum absolute atomic E-state index is 0.250. The fourth-order valence-corrected chi connectivity index (χ4v) is 3.08. The number of rotatable bonds is 5. The summed E-state index contributed by atoms with van der Waals surface area (Å²) in [5.41, 5.74) is 7.48. The number of para-hydroxylation sites is 1. The molecular weight excluding hydrogens is 383 g/mol. The molecule has 8 heteroatoms. The summed E-state index contributed by atoms with van der Waals surface area (Å²) in [7, 11) is 0. The number of carbonyl (C=O) groups excluding carboxylic acids is 1. The number of aromatic nitrogens is 4. The van der Waals surface area contributed by atoms with E-state index in [0.29, 0.717) is 11.3 Å². The van der Waals surface area contributed by atoms with Crippen molar-refractivity contribution in [1.29, 1.82) is 0 Å². The molecule has 0 atom stereocenters. The molecule has 30 heavy (non-hydrogen) atoms. The molecule has 2 aromatic heterocycles. The second kappa shape index (κ2) is 8.12. The van der Waals surface area contributed by atoms with Gasteiger partial charge in [-0.05, 0) is 56.3 Å². The Morgan fingerprint density at radius 1 is 1.13 bits per heavy atom. The Hall–Kier alpha value is -4.07. The number of aryl methyl sites for hydroxylation is 1. The highest BCUT2D eigenvalue weighted by Crippen LogP contribution is 2.18. The van der Waals surface area contributed by atoms with E-state index in [1.807, 2.05) is 48.9 Å². The summed E-state index contributed by atoms with van der Waals surface area (Å²) < 4.78 is 14.9. The zero-order valence-electron chi connectivity index (χ0n) is 16.4. The van der Waals surface area contributed by atoms with Crippen LogP contribution in [-0.4, -0.2) is 32.1 Å². The van der Waals surface area contributed by atoms with Gasteiger partial charge in [0.05, 0.1) is 29.0 Å². The van der Waals surface area contributed by atoms with Crippen molar-refractivity contribution in [3.8, 4) is 16.9 Å². The summed E-state index contributed by atoms with van der Waals surface area (Å²) in [5.74, 6) is -0.763. The molecule has 2 heterocycles. The van der Waals surface area contributed by atoms with Crippen molar-refractivity contribution < 1.29 is 9.18 Å². The molecule has 0 saturated carbocycles. The number of nitrogens with one attached hydrogen (secondary N) is 2. The maximum Gasteiger partial charge on any atom is 0.289 e. The predicted molar refractivity (Wildman–Crippen MR) is 112 cm³/mol. The van der Waals surface area contributed by atoms with Gasteiger partial charge in [0.2, 0.25) is 0 Å². The lowest BCUT2D eigenvalue weighted by atomic mass is 10.1.